The number of non-ortho nitro benzene ring substituents is 1. The third-order valence-electron chi connectivity index (χ3n) is 3.90. The van der Waals surface area contributed by atoms with E-state index in [1.165, 1.54) is 24.3 Å². The van der Waals surface area contributed by atoms with Crippen molar-refractivity contribution in [2.24, 2.45) is 0 Å². The summed E-state index contributed by atoms with van der Waals surface area (Å²) in [5.74, 6) is 0.854. The van der Waals surface area contributed by atoms with Crippen molar-refractivity contribution in [3.8, 4) is 5.75 Å². The maximum atomic E-state index is 12.3. The molecule has 0 saturated carbocycles. The lowest BCUT2D eigenvalue weighted by Gasteiger charge is -2.08. The van der Waals surface area contributed by atoms with Gasteiger partial charge in [-0.05, 0) is 43.7 Å². The Hall–Kier alpha value is -3.61. The second kappa shape index (κ2) is 7.74. The van der Waals surface area contributed by atoms with Crippen molar-refractivity contribution in [2.75, 3.05) is 5.32 Å². The van der Waals surface area contributed by atoms with Crippen LogP contribution in [0.3, 0.4) is 0 Å². The van der Waals surface area contributed by atoms with Crippen molar-refractivity contribution < 1.29 is 18.9 Å². The van der Waals surface area contributed by atoms with Crippen LogP contribution in [0.15, 0.2) is 59.0 Å². The molecule has 0 aliphatic rings. The molecule has 7 nitrogen and oxygen atoms in total. The van der Waals surface area contributed by atoms with Gasteiger partial charge in [-0.1, -0.05) is 23.8 Å². The predicted octanol–water partition coefficient (Wildman–Crippen LogP) is 4.64. The minimum atomic E-state index is -0.523. The number of ether oxygens (including phenoxy) is 1. The molecule has 27 heavy (non-hydrogen) atoms. The van der Waals surface area contributed by atoms with Crippen LogP contribution in [-0.4, -0.2) is 10.8 Å². The number of nitrogens with zero attached hydrogens (tertiary/aromatic N) is 1. The van der Waals surface area contributed by atoms with Crippen LogP contribution in [0.2, 0.25) is 0 Å². The number of nitrogens with one attached hydrogen (secondary N) is 1. The highest BCUT2D eigenvalue weighted by Crippen LogP contribution is 2.21. The number of carbonyl (C=O) groups excluding carboxylic acids is 1. The van der Waals surface area contributed by atoms with Crippen LogP contribution in [0, 0.1) is 24.0 Å². The second-order valence-corrected chi connectivity index (χ2v) is 6.09. The zero-order valence-corrected chi connectivity index (χ0v) is 14.9. The zero-order chi connectivity index (χ0) is 19.4. The Bertz CT molecular complexity index is 994. The molecule has 0 aliphatic heterocycles. The van der Waals surface area contributed by atoms with E-state index in [0.717, 1.165) is 16.9 Å². The van der Waals surface area contributed by atoms with Crippen molar-refractivity contribution in [2.45, 2.75) is 20.5 Å². The van der Waals surface area contributed by atoms with Crippen molar-refractivity contribution in [3.63, 3.8) is 0 Å². The highest BCUT2D eigenvalue weighted by atomic mass is 16.6. The number of hydrogen-bond acceptors (Lipinski definition) is 5. The molecular formula is C20H18N2O5. The highest BCUT2D eigenvalue weighted by molar-refractivity contribution is 6.02. The molecule has 3 rings (SSSR count). The minimum Gasteiger partial charge on any atom is -0.485 e. The Kier molecular flexibility index (Phi) is 5.21. The lowest BCUT2D eigenvalue weighted by atomic mass is 10.1. The Labute approximate surface area is 155 Å². The fourth-order valence-corrected chi connectivity index (χ4v) is 2.58. The van der Waals surface area contributed by atoms with Crippen molar-refractivity contribution in [1.82, 2.24) is 0 Å². The summed E-state index contributed by atoms with van der Waals surface area (Å²) < 4.78 is 11.2. The summed E-state index contributed by atoms with van der Waals surface area (Å²) >= 11 is 0. The van der Waals surface area contributed by atoms with Gasteiger partial charge in [0.05, 0.1) is 4.92 Å². The average Bonchev–Trinajstić information content (AvgIpc) is 3.10. The van der Waals surface area contributed by atoms with Crippen LogP contribution in [-0.2, 0) is 6.61 Å². The van der Waals surface area contributed by atoms with E-state index in [9.17, 15) is 14.9 Å². The molecule has 1 N–H and O–H groups in total. The summed E-state index contributed by atoms with van der Waals surface area (Å²) in [6.07, 6.45) is 0. The molecule has 0 unspecified atom stereocenters. The number of hydrogen-bond donors (Lipinski definition) is 1. The van der Waals surface area contributed by atoms with Gasteiger partial charge in [-0.3, -0.25) is 14.9 Å². The van der Waals surface area contributed by atoms with Gasteiger partial charge >= 0.3 is 0 Å². The molecule has 2 aromatic carbocycles. The number of benzene rings is 2. The predicted molar refractivity (Wildman–Crippen MR) is 100 cm³/mol. The maximum absolute atomic E-state index is 12.3. The van der Waals surface area contributed by atoms with Gasteiger partial charge in [0.15, 0.2) is 5.76 Å². The van der Waals surface area contributed by atoms with Gasteiger partial charge in [-0.15, -0.1) is 0 Å². The molecule has 0 atom stereocenters. The standard InChI is InChI=1S/C20H18N2O5/c1-13-6-8-18(14(2)10-13)26-12-17-7-9-19(27-17)20(23)21-15-4-3-5-16(11-15)22(24)25/h3-11H,12H2,1-2H3,(H,21,23). The van der Waals surface area contributed by atoms with Crippen LogP contribution < -0.4 is 10.1 Å². The maximum Gasteiger partial charge on any atom is 0.291 e. The average molecular weight is 366 g/mol. The van der Waals surface area contributed by atoms with Crippen LogP contribution in [0.1, 0.15) is 27.4 Å². The summed E-state index contributed by atoms with van der Waals surface area (Å²) in [6.45, 7) is 4.16. The monoisotopic (exact) mass is 366 g/mol. The van der Waals surface area contributed by atoms with E-state index in [1.807, 2.05) is 32.0 Å². The highest BCUT2D eigenvalue weighted by Gasteiger charge is 2.14. The summed E-state index contributed by atoms with van der Waals surface area (Å²) in [6, 6.07) is 14.8. The van der Waals surface area contributed by atoms with E-state index < -0.39 is 10.8 Å². The first-order chi connectivity index (χ1) is 12.9. The molecule has 1 heterocycles. The molecule has 138 valence electrons. The Balaban J connectivity index is 1.63. The summed E-state index contributed by atoms with van der Waals surface area (Å²) in [5, 5.41) is 13.4. The number of rotatable bonds is 6. The fraction of sp³-hybridized carbons (Fsp3) is 0.150. The van der Waals surface area contributed by atoms with Gasteiger partial charge in [0, 0.05) is 17.8 Å². The molecule has 0 spiro atoms. The van der Waals surface area contributed by atoms with E-state index in [1.54, 1.807) is 12.1 Å². The normalized spacial score (nSPS) is 10.4. The van der Waals surface area contributed by atoms with Gasteiger partial charge in [0.1, 0.15) is 18.1 Å². The van der Waals surface area contributed by atoms with Gasteiger partial charge in [-0.2, -0.15) is 0 Å². The SMILES string of the molecule is Cc1ccc(OCc2ccc(C(=O)Nc3cccc([N+](=O)[O-])c3)o2)c(C)c1. The van der Waals surface area contributed by atoms with E-state index in [-0.39, 0.29) is 18.1 Å². The quantitative estimate of drug-likeness (QED) is 0.507. The summed E-state index contributed by atoms with van der Waals surface area (Å²) in [4.78, 5) is 22.5. The number of amides is 1. The first kappa shape index (κ1) is 18.2. The third kappa shape index (κ3) is 4.52. The van der Waals surface area contributed by atoms with Crippen LogP contribution in [0.25, 0.3) is 0 Å². The van der Waals surface area contributed by atoms with Crippen LogP contribution in [0.4, 0.5) is 11.4 Å². The number of carbonyl (C=O) groups is 1. The first-order valence-corrected chi connectivity index (χ1v) is 8.27. The fourth-order valence-electron chi connectivity index (χ4n) is 2.58. The minimum absolute atomic E-state index is 0.0979. The molecule has 1 aromatic heterocycles. The third-order valence-corrected chi connectivity index (χ3v) is 3.90. The van der Waals surface area contributed by atoms with Gasteiger partial charge < -0.3 is 14.5 Å². The molecule has 7 heteroatoms. The molecule has 0 aliphatic carbocycles. The Morgan fingerprint density at radius 2 is 1.96 bits per heavy atom. The molecule has 0 fully saturated rings. The summed E-state index contributed by atoms with van der Waals surface area (Å²) in [7, 11) is 0. The van der Waals surface area contributed by atoms with E-state index in [0.29, 0.717) is 11.4 Å². The number of furan rings is 1. The Morgan fingerprint density at radius 1 is 1.15 bits per heavy atom. The van der Waals surface area contributed by atoms with Crippen LogP contribution >= 0.6 is 0 Å². The lowest BCUT2D eigenvalue weighted by Crippen LogP contribution is -2.11. The molecule has 3 aromatic rings. The van der Waals surface area contributed by atoms with Gasteiger partial charge in [0.25, 0.3) is 11.6 Å². The smallest absolute Gasteiger partial charge is 0.291 e. The van der Waals surface area contributed by atoms with Crippen molar-refractivity contribution in [3.05, 3.63) is 87.4 Å². The second-order valence-electron chi connectivity index (χ2n) is 6.09. The topological polar surface area (TPSA) is 94.6 Å². The zero-order valence-electron chi connectivity index (χ0n) is 14.9. The van der Waals surface area contributed by atoms with E-state index >= 15 is 0 Å². The van der Waals surface area contributed by atoms with Gasteiger partial charge in [0.2, 0.25) is 0 Å². The first-order valence-electron chi connectivity index (χ1n) is 8.27. The molecule has 1 amide bonds. The van der Waals surface area contributed by atoms with Crippen LogP contribution in [0.5, 0.6) is 5.75 Å². The molecular weight excluding hydrogens is 348 g/mol. The number of nitro benzene ring substituents is 1. The molecule has 0 saturated heterocycles. The lowest BCUT2D eigenvalue weighted by molar-refractivity contribution is -0.384. The van der Waals surface area contributed by atoms with Crippen molar-refractivity contribution >= 4 is 17.3 Å². The van der Waals surface area contributed by atoms with Gasteiger partial charge in [-0.25, -0.2) is 0 Å². The Morgan fingerprint density at radius 3 is 2.70 bits per heavy atom. The number of anilines is 1. The largest absolute Gasteiger partial charge is 0.485 e. The van der Waals surface area contributed by atoms with E-state index in [4.69, 9.17) is 9.15 Å². The number of aryl methyl sites for hydroxylation is 2. The molecule has 0 radical (unpaired) electrons. The molecule has 0 bridgehead atoms. The summed E-state index contributed by atoms with van der Waals surface area (Å²) in [5.41, 5.74) is 2.39. The van der Waals surface area contributed by atoms with Crippen molar-refractivity contribution in [1.29, 1.82) is 0 Å². The number of nitro groups is 1. The van der Waals surface area contributed by atoms with E-state index in [2.05, 4.69) is 5.32 Å².